The van der Waals surface area contributed by atoms with Gasteiger partial charge in [0.15, 0.2) is 0 Å². The van der Waals surface area contributed by atoms with Crippen molar-refractivity contribution in [2.45, 2.75) is 17.1 Å². The lowest BCUT2D eigenvalue weighted by Gasteiger charge is -2.03. The van der Waals surface area contributed by atoms with Gasteiger partial charge < -0.3 is 5.73 Å². The minimum absolute atomic E-state index is 0.342. The molecule has 2 aromatic heterocycles. The normalized spacial score (nSPS) is 11.8. The highest BCUT2D eigenvalue weighted by atomic mass is 32.2. The molecule has 2 rings (SSSR count). The van der Waals surface area contributed by atoms with Crippen LogP contribution in [0.25, 0.3) is 0 Å². The van der Waals surface area contributed by atoms with E-state index in [2.05, 4.69) is 9.71 Å². The van der Waals surface area contributed by atoms with E-state index in [4.69, 9.17) is 5.73 Å². The summed E-state index contributed by atoms with van der Waals surface area (Å²) in [6.07, 6.45) is 1.31. The molecule has 8 heteroatoms. The fraction of sp³-hybridized carbons (Fsp3) is 0.364. The first-order valence-electron chi connectivity index (χ1n) is 5.77. The molecule has 0 radical (unpaired) electrons. The summed E-state index contributed by atoms with van der Waals surface area (Å²) in [6, 6.07) is 3.44. The third-order valence-corrected chi connectivity index (χ3v) is 6.18. The highest BCUT2D eigenvalue weighted by Crippen LogP contribution is 2.21. The summed E-state index contributed by atoms with van der Waals surface area (Å²) in [5.74, 6) is 0. The van der Waals surface area contributed by atoms with Crippen molar-refractivity contribution in [3.8, 4) is 0 Å². The lowest BCUT2D eigenvalue weighted by molar-refractivity contribution is 0.583. The molecule has 3 N–H and O–H groups in total. The van der Waals surface area contributed by atoms with Crippen molar-refractivity contribution in [3.63, 3.8) is 0 Å². The molecule has 0 atom stereocenters. The van der Waals surface area contributed by atoms with Crippen LogP contribution in [0.4, 0.5) is 0 Å². The van der Waals surface area contributed by atoms with Crippen LogP contribution in [0.1, 0.15) is 10.6 Å². The number of sulfonamides is 1. The number of nitrogens with zero attached hydrogens (tertiary/aromatic N) is 1. The van der Waals surface area contributed by atoms with E-state index in [1.807, 2.05) is 11.4 Å². The molecule has 0 aliphatic rings. The molecule has 0 saturated carbocycles. The number of thiophene rings is 1. The summed E-state index contributed by atoms with van der Waals surface area (Å²) in [5.41, 5.74) is 8.09. The van der Waals surface area contributed by atoms with Gasteiger partial charge in [-0.05, 0) is 25.1 Å². The van der Waals surface area contributed by atoms with E-state index < -0.39 is 10.0 Å². The first-order valence-corrected chi connectivity index (χ1v) is 9.01. The van der Waals surface area contributed by atoms with Gasteiger partial charge in [0.25, 0.3) is 0 Å². The van der Waals surface area contributed by atoms with Crippen LogP contribution in [-0.4, -0.2) is 26.5 Å². The largest absolute Gasteiger partial charge is 0.330 e. The van der Waals surface area contributed by atoms with Gasteiger partial charge in [-0.15, -0.1) is 22.7 Å². The Morgan fingerprint density at radius 3 is 2.84 bits per heavy atom. The van der Waals surface area contributed by atoms with Crippen molar-refractivity contribution >= 4 is 32.7 Å². The Balaban J connectivity index is 1.93. The Kier molecular flexibility index (Phi) is 5.06. The van der Waals surface area contributed by atoms with Crippen LogP contribution in [0.15, 0.2) is 27.2 Å². The number of nitrogens with one attached hydrogen (secondary N) is 1. The second-order valence-electron chi connectivity index (χ2n) is 3.89. The van der Waals surface area contributed by atoms with Crippen molar-refractivity contribution in [3.05, 3.63) is 33.6 Å². The van der Waals surface area contributed by atoms with Crippen LogP contribution in [0.5, 0.6) is 0 Å². The minimum Gasteiger partial charge on any atom is -0.330 e. The van der Waals surface area contributed by atoms with Crippen LogP contribution in [0, 0.1) is 0 Å². The molecule has 0 unspecified atom stereocenters. The average molecular weight is 317 g/mol. The monoisotopic (exact) mass is 317 g/mol. The van der Waals surface area contributed by atoms with Crippen molar-refractivity contribution in [2.24, 2.45) is 5.73 Å². The molecule has 19 heavy (non-hydrogen) atoms. The van der Waals surface area contributed by atoms with E-state index in [9.17, 15) is 8.42 Å². The van der Waals surface area contributed by atoms with Crippen LogP contribution >= 0.6 is 22.7 Å². The minimum atomic E-state index is -3.41. The van der Waals surface area contributed by atoms with Crippen LogP contribution in [-0.2, 0) is 22.9 Å². The Morgan fingerprint density at radius 2 is 2.16 bits per heavy atom. The summed E-state index contributed by atoms with van der Waals surface area (Å²) in [4.78, 5) is 5.10. The fourth-order valence-electron chi connectivity index (χ4n) is 1.52. The van der Waals surface area contributed by atoms with Crippen molar-refractivity contribution in [1.82, 2.24) is 9.71 Å². The number of hydrogen-bond acceptors (Lipinski definition) is 6. The third-order valence-electron chi connectivity index (χ3n) is 2.45. The zero-order valence-electron chi connectivity index (χ0n) is 10.2. The number of nitrogens with two attached hydrogens (primary N) is 1. The maximum Gasteiger partial charge on any atom is 0.250 e. The summed E-state index contributed by atoms with van der Waals surface area (Å²) >= 11 is 2.77. The smallest absolute Gasteiger partial charge is 0.250 e. The number of thiazole rings is 1. The van der Waals surface area contributed by atoms with E-state index in [1.165, 1.54) is 22.7 Å². The molecule has 0 amide bonds. The van der Waals surface area contributed by atoms with Gasteiger partial charge in [0, 0.05) is 23.2 Å². The maximum atomic E-state index is 12.0. The van der Waals surface area contributed by atoms with Gasteiger partial charge in [-0.1, -0.05) is 0 Å². The fourth-order valence-corrected chi connectivity index (χ4v) is 4.57. The maximum absolute atomic E-state index is 12.0. The molecule has 5 nitrogen and oxygen atoms in total. The van der Waals surface area contributed by atoms with E-state index in [0.717, 1.165) is 10.6 Å². The third kappa shape index (κ3) is 4.08. The van der Waals surface area contributed by atoms with Crippen molar-refractivity contribution in [2.75, 3.05) is 13.1 Å². The second-order valence-corrected chi connectivity index (χ2v) is 7.77. The lowest BCUT2D eigenvalue weighted by atomic mass is 10.3. The van der Waals surface area contributed by atoms with Gasteiger partial charge in [-0.2, -0.15) is 0 Å². The van der Waals surface area contributed by atoms with Crippen molar-refractivity contribution in [1.29, 1.82) is 0 Å². The molecule has 2 heterocycles. The quantitative estimate of drug-likeness (QED) is 0.804. The molecular formula is C11H15N3O2S3. The molecule has 0 aromatic carbocycles. The molecular weight excluding hydrogens is 302 g/mol. The lowest BCUT2D eigenvalue weighted by Crippen LogP contribution is -2.25. The molecule has 104 valence electrons. The Labute approximate surface area is 120 Å². The van der Waals surface area contributed by atoms with E-state index >= 15 is 0 Å². The standard InChI is InChI=1S/C11H15N3O2S3/c12-5-3-10-1-2-11(18-10)19(15,16)14-6-4-9-7-17-8-13-9/h1-2,7-8,14H,3-6,12H2. The molecule has 0 aliphatic heterocycles. The summed E-state index contributed by atoms with van der Waals surface area (Å²) in [6.45, 7) is 0.882. The van der Waals surface area contributed by atoms with Gasteiger partial charge in [0.1, 0.15) is 4.21 Å². The zero-order chi connectivity index (χ0) is 13.7. The summed E-state index contributed by atoms with van der Waals surface area (Å²) < 4.78 is 27.0. The summed E-state index contributed by atoms with van der Waals surface area (Å²) in [7, 11) is -3.41. The highest BCUT2D eigenvalue weighted by Gasteiger charge is 2.16. The number of aromatic nitrogens is 1. The highest BCUT2D eigenvalue weighted by molar-refractivity contribution is 7.91. The first-order chi connectivity index (χ1) is 9.12. The van der Waals surface area contributed by atoms with Gasteiger partial charge in [-0.25, -0.2) is 18.1 Å². The molecule has 0 fully saturated rings. The van der Waals surface area contributed by atoms with Crippen LogP contribution in [0.2, 0.25) is 0 Å². The predicted octanol–water partition coefficient (Wildman–Crippen LogP) is 1.23. The van der Waals surface area contributed by atoms with Crippen molar-refractivity contribution < 1.29 is 8.42 Å². The molecule has 2 aromatic rings. The predicted molar refractivity (Wildman–Crippen MR) is 78.1 cm³/mol. The van der Waals surface area contributed by atoms with Crippen LogP contribution < -0.4 is 10.5 Å². The van der Waals surface area contributed by atoms with E-state index in [-0.39, 0.29) is 0 Å². The molecule has 0 bridgehead atoms. The molecule has 0 saturated heterocycles. The molecule has 0 spiro atoms. The SMILES string of the molecule is NCCc1ccc(S(=O)(=O)NCCc2cscn2)s1. The zero-order valence-corrected chi connectivity index (χ0v) is 12.7. The van der Waals surface area contributed by atoms with Gasteiger partial charge in [0.05, 0.1) is 11.2 Å². The van der Waals surface area contributed by atoms with E-state index in [0.29, 0.717) is 30.1 Å². The Morgan fingerprint density at radius 1 is 1.32 bits per heavy atom. The topological polar surface area (TPSA) is 85.1 Å². The van der Waals surface area contributed by atoms with Crippen LogP contribution in [0.3, 0.4) is 0 Å². The summed E-state index contributed by atoms with van der Waals surface area (Å²) in [5, 5.41) is 1.92. The Hall–Kier alpha value is -0.800. The Bertz CT molecular complexity index is 605. The first kappa shape index (κ1) is 14.6. The number of hydrogen-bond donors (Lipinski definition) is 2. The van der Waals surface area contributed by atoms with Gasteiger partial charge >= 0.3 is 0 Å². The van der Waals surface area contributed by atoms with Gasteiger partial charge in [-0.3, -0.25) is 0 Å². The second kappa shape index (κ2) is 6.58. The van der Waals surface area contributed by atoms with Gasteiger partial charge in [0.2, 0.25) is 10.0 Å². The number of rotatable bonds is 7. The average Bonchev–Trinajstić information content (AvgIpc) is 3.00. The molecule has 0 aliphatic carbocycles. The van der Waals surface area contributed by atoms with E-state index in [1.54, 1.807) is 11.6 Å².